The molecule has 0 bridgehead atoms. The molecule has 1 aromatic heterocycles. The van der Waals surface area contributed by atoms with Crippen molar-refractivity contribution >= 4 is 44.5 Å². The van der Waals surface area contributed by atoms with Crippen molar-refractivity contribution in [3.05, 3.63) is 56.1 Å². The van der Waals surface area contributed by atoms with Crippen molar-refractivity contribution in [1.29, 1.82) is 0 Å². The van der Waals surface area contributed by atoms with Gasteiger partial charge in [-0.05, 0) is 53.0 Å². The van der Waals surface area contributed by atoms with Gasteiger partial charge in [-0.15, -0.1) is 0 Å². The van der Waals surface area contributed by atoms with Crippen LogP contribution in [-0.4, -0.2) is 37.5 Å². The van der Waals surface area contributed by atoms with Crippen molar-refractivity contribution in [2.24, 2.45) is 5.92 Å². The van der Waals surface area contributed by atoms with E-state index in [0.29, 0.717) is 62.7 Å². The molecular weight excluding hydrogens is 504 g/mol. The lowest BCUT2D eigenvalue weighted by atomic mass is 9.82. The fourth-order valence-electron chi connectivity index (χ4n) is 3.55. The summed E-state index contributed by atoms with van der Waals surface area (Å²) in [6.45, 7) is 0.534. The first-order valence-electron chi connectivity index (χ1n) is 9.95. The predicted octanol–water partition coefficient (Wildman–Crippen LogP) is 5.14. The van der Waals surface area contributed by atoms with Gasteiger partial charge in [0, 0.05) is 6.07 Å². The van der Waals surface area contributed by atoms with E-state index >= 15 is 0 Å². The van der Waals surface area contributed by atoms with Crippen molar-refractivity contribution in [2.45, 2.75) is 18.9 Å². The molecule has 0 spiro atoms. The van der Waals surface area contributed by atoms with Crippen LogP contribution in [0.25, 0.3) is 22.3 Å². The summed E-state index contributed by atoms with van der Waals surface area (Å²) in [5.41, 5.74) is 0.599. The van der Waals surface area contributed by atoms with Crippen LogP contribution in [0.2, 0.25) is 5.02 Å². The number of aliphatic carboxylic acids is 1. The number of rotatable bonds is 8. The van der Waals surface area contributed by atoms with E-state index in [1.807, 2.05) is 0 Å². The molecule has 0 saturated heterocycles. The number of fused-ring (bicyclic) bond motifs is 1. The maximum absolute atomic E-state index is 12.6. The lowest BCUT2D eigenvalue weighted by Gasteiger charge is -2.32. The third-order valence-electron chi connectivity index (χ3n) is 5.36. The number of para-hydroxylation sites is 1. The molecule has 0 amide bonds. The highest BCUT2D eigenvalue weighted by Gasteiger charge is 2.35. The fraction of sp³-hybridized carbons (Fsp3) is 0.304. The average molecular weight is 524 g/mol. The van der Waals surface area contributed by atoms with Crippen LogP contribution in [0.1, 0.15) is 12.8 Å². The quantitative estimate of drug-likeness (QED) is 0.408. The van der Waals surface area contributed by atoms with Crippen LogP contribution in [-0.2, 0) is 9.53 Å². The summed E-state index contributed by atoms with van der Waals surface area (Å²) in [7, 11) is 1.54. The molecular formula is C23H20BrClO7. The largest absolute Gasteiger partial charge is 0.496 e. The number of carboxylic acid groups (broad SMARTS) is 1. The summed E-state index contributed by atoms with van der Waals surface area (Å²) in [5, 5.41) is 9.67. The molecule has 168 valence electrons. The monoisotopic (exact) mass is 522 g/mol. The van der Waals surface area contributed by atoms with Crippen LogP contribution < -0.4 is 14.9 Å². The smallest absolute Gasteiger partial charge is 0.306 e. The summed E-state index contributed by atoms with van der Waals surface area (Å²) in [4.78, 5) is 23.5. The van der Waals surface area contributed by atoms with E-state index in [2.05, 4.69) is 15.9 Å². The zero-order valence-electron chi connectivity index (χ0n) is 17.1. The second-order valence-electron chi connectivity index (χ2n) is 7.42. The van der Waals surface area contributed by atoms with Crippen LogP contribution in [0.3, 0.4) is 0 Å². The molecule has 0 radical (unpaired) electrons. The minimum Gasteiger partial charge on any atom is -0.496 e. The molecule has 0 atom stereocenters. The number of hydrogen-bond acceptors (Lipinski definition) is 6. The summed E-state index contributed by atoms with van der Waals surface area (Å²) in [6.07, 6.45) is 0.956. The third kappa shape index (κ3) is 4.62. The molecule has 1 aliphatic rings. The minimum absolute atomic E-state index is 0.0672. The summed E-state index contributed by atoms with van der Waals surface area (Å²) >= 11 is 9.69. The molecule has 0 aliphatic heterocycles. The Kier molecular flexibility index (Phi) is 6.74. The van der Waals surface area contributed by atoms with Gasteiger partial charge in [0.1, 0.15) is 23.9 Å². The van der Waals surface area contributed by atoms with E-state index in [4.69, 9.17) is 35.3 Å². The number of carboxylic acids is 1. The van der Waals surface area contributed by atoms with Gasteiger partial charge in [-0.2, -0.15) is 0 Å². The number of benzene rings is 2. The van der Waals surface area contributed by atoms with Crippen LogP contribution in [0.4, 0.5) is 0 Å². The Morgan fingerprint density at radius 3 is 2.72 bits per heavy atom. The first kappa shape index (κ1) is 22.6. The topological polar surface area (TPSA) is 95.2 Å². The Labute approximate surface area is 197 Å². The Bertz CT molecular complexity index is 1220. The van der Waals surface area contributed by atoms with Crippen LogP contribution in [0.5, 0.6) is 11.5 Å². The summed E-state index contributed by atoms with van der Waals surface area (Å²) in [6, 6.07) is 9.84. The van der Waals surface area contributed by atoms with Gasteiger partial charge in [-0.25, -0.2) is 0 Å². The van der Waals surface area contributed by atoms with Gasteiger partial charge in [-0.3, -0.25) is 9.59 Å². The van der Waals surface area contributed by atoms with Crippen LogP contribution in [0.15, 0.2) is 50.1 Å². The molecule has 9 heteroatoms. The van der Waals surface area contributed by atoms with E-state index in [1.165, 1.54) is 13.2 Å². The van der Waals surface area contributed by atoms with Gasteiger partial charge in [-0.1, -0.05) is 17.7 Å². The Morgan fingerprint density at radius 2 is 2.00 bits per heavy atom. The van der Waals surface area contributed by atoms with E-state index in [0.717, 1.165) is 0 Å². The molecule has 1 fully saturated rings. The number of carbonyl (C=O) groups is 1. The lowest BCUT2D eigenvalue weighted by molar-refractivity contribution is -0.151. The van der Waals surface area contributed by atoms with Gasteiger partial charge in [0.15, 0.2) is 11.0 Å². The van der Waals surface area contributed by atoms with Gasteiger partial charge in [0.2, 0.25) is 0 Å². The normalized spacial score (nSPS) is 17.7. The van der Waals surface area contributed by atoms with Crippen molar-refractivity contribution in [2.75, 3.05) is 20.3 Å². The predicted molar refractivity (Wildman–Crippen MR) is 123 cm³/mol. The SMILES string of the molecule is COc1cc(-c2cc(=O)c3cccc(Cl)c3o2)c(OCCO[C@H]2C[C@@H](C(=O)O)C2)cc1Br. The lowest BCUT2D eigenvalue weighted by Crippen LogP contribution is -2.37. The Hall–Kier alpha value is -2.55. The average Bonchev–Trinajstić information content (AvgIpc) is 2.72. The number of methoxy groups -OCH3 is 1. The zero-order chi connectivity index (χ0) is 22.8. The first-order valence-corrected chi connectivity index (χ1v) is 11.1. The zero-order valence-corrected chi connectivity index (χ0v) is 19.4. The molecule has 32 heavy (non-hydrogen) atoms. The summed E-state index contributed by atoms with van der Waals surface area (Å²) in [5.74, 6) is 0.187. The maximum atomic E-state index is 12.6. The number of halogens is 2. The molecule has 1 aliphatic carbocycles. The van der Waals surface area contributed by atoms with Gasteiger partial charge >= 0.3 is 5.97 Å². The van der Waals surface area contributed by atoms with Gasteiger partial charge < -0.3 is 23.7 Å². The van der Waals surface area contributed by atoms with E-state index in [1.54, 1.807) is 30.3 Å². The molecule has 7 nitrogen and oxygen atoms in total. The maximum Gasteiger partial charge on any atom is 0.306 e. The van der Waals surface area contributed by atoms with Crippen molar-refractivity contribution in [3.63, 3.8) is 0 Å². The van der Waals surface area contributed by atoms with Gasteiger partial charge in [0.05, 0.1) is 46.2 Å². The highest BCUT2D eigenvalue weighted by Crippen LogP contribution is 2.39. The third-order valence-corrected chi connectivity index (χ3v) is 6.28. The molecule has 1 saturated carbocycles. The molecule has 0 unspecified atom stereocenters. The number of ether oxygens (including phenoxy) is 3. The Balaban J connectivity index is 1.57. The second kappa shape index (κ2) is 9.52. The van der Waals surface area contributed by atoms with Crippen LogP contribution in [0, 0.1) is 5.92 Å². The van der Waals surface area contributed by atoms with Gasteiger partial charge in [0.25, 0.3) is 0 Å². The van der Waals surface area contributed by atoms with E-state index in [-0.39, 0.29) is 24.1 Å². The molecule has 3 aromatic rings. The van der Waals surface area contributed by atoms with Crippen molar-refractivity contribution in [1.82, 2.24) is 0 Å². The highest BCUT2D eigenvalue weighted by atomic mass is 79.9. The van der Waals surface area contributed by atoms with E-state index < -0.39 is 5.97 Å². The van der Waals surface area contributed by atoms with Crippen molar-refractivity contribution < 1.29 is 28.5 Å². The second-order valence-corrected chi connectivity index (χ2v) is 8.68. The first-order chi connectivity index (χ1) is 15.4. The van der Waals surface area contributed by atoms with Crippen LogP contribution >= 0.6 is 27.5 Å². The highest BCUT2D eigenvalue weighted by molar-refractivity contribution is 9.10. The minimum atomic E-state index is -0.786. The molecule has 1 N–H and O–H groups in total. The molecule has 2 aromatic carbocycles. The fourth-order valence-corrected chi connectivity index (χ4v) is 4.25. The molecule has 1 heterocycles. The van der Waals surface area contributed by atoms with E-state index in [9.17, 15) is 9.59 Å². The molecule has 4 rings (SSSR count). The number of hydrogen-bond donors (Lipinski definition) is 1. The van der Waals surface area contributed by atoms with Crippen molar-refractivity contribution in [3.8, 4) is 22.8 Å². The summed E-state index contributed by atoms with van der Waals surface area (Å²) < 4.78 is 23.6. The Morgan fingerprint density at radius 1 is 1.22 bits per heavy atom. The standard InChI is InChI=1S/C23H20BrClO7/c1-29-21-9-15(20-11-18(26)14-3-2-4-17(25)22(14)32-20)19(10-16(21)24)31-6-5-30-13-7-12(8-13)23(27)28/h2-4,9-13H,5-8H2,1H3,(H,27,28)/t12-,13+.